The first kappa shape index (κ1) is 21.7. The number of pyridine rings is 1. The fourth-order valence-corrected chi connectivity index (χ4v) is 4.59. The van der Waals surface area contributed by atoms with E-state index in [-0.39, 0.29) is 11.9 Å². The minimum atomic E-state index is -0.253. The number of hydrogen-bond donors (Lipinski definition) is 2. The Kier molecular flexibility index (Phi) is 6.21. The molecule has 0 aliphatic heterocycles. The second kappa shape index (κ2) is 9.75. The number of nitrogens with one attached hydrogen (secondary N) is 2. The van der Waals surface area contributed by atoms with Crippen molar-refractivity contribution < 1.29 is 4.79 Å². The van der Waals surface area contributed by atoms with Gasteiger partial charge in [0.05, 0.1) is 18.2 Å². The molecular weight excluding hydrogens is 418 g/mol. The predicted octanol–water partition coefficient (Wildman–Crippen LogP) is 6.18. The van der Waals surface area contributed by atoms with Gasteiger partial charge in [-0.25, -0.2) is 0 Å². The van der Waals surface area contributed by atoms with Gasteiger partial charge in [-0.05, 0) is 42.2 Å². The Hall–Kier alpha value is -4.18. The number of rotatable bonds is 7. The van der Waals surface area contributed by atoms with Gasteiger partial charge in [0.15, 0.2) is 0 Å². The molecule has 34 heavy (non-hydrogen) atoms. The summed E-state index contributed by atoms with van der Waals surface area (Å²) in [4.78, 5) is 21.5. The number of fused-ring (bicyclic) bond motifs is 1. The first-order valence-corrected chi connectivity index (χ1v) is 11.6. The van der Waals surface area contributed by atoms with Crippen LogP contribution in [0, 0.1) is 6.92 Å². The maximum absolute atomic E-state index is 13.4. The fourth-order valence-electron chi connectivity index (χ4n) is 4.59. The topological polar surface area (TPSA) is 57.8 Å². The average Bonchev–Trinajstić information content (AvgIpc) is 3.19. The van der Waals surface area contributed by atoms with E-state index >= 15 is 0 Å². The molecule has 1 amide bonds. The van der Waals surface area contributed by atoms with Crippen LogP contribution in [0.25, 0.3) is 22.0 Å². The monoisotopic (exact) mass is 445 g/mol. The summed E-state index contributed by atoms with van der Waals surface area (Å²) in [5.74, 6) is -0.0153. The fraction of sp³-hybridized carbons (Fsp3) is 0.133. The molecule has 0 bridgehead atoms. The molecule has 168 valence electrons. The van der Waals surface area contributed by atoms with Crippen molar-refractivity contribution in [1.82, 2.24) is 15.3 Å². The van der Waals surface area contributed by atoms with Crippen LogP contribution in [0.2, 0.25) is 0 Å². The second-order valence-corrected chi connectivity index (χ2v) is 8.56. The zero-order valence-electron chi connectivity index (χ0n) is 19.2. The van der Waals surface area contributed by atoms with Crippen LogP contribution in [0.1, 0.15) is 28.6 Å². The largest absolute Gasteiger partial charge is 0.358 e. The van der Waals surface area contributed by atoms with Crippen LogP contribution in [0.3, 0.4) is 0 Å². The van der Waals surface area contributed by atoms with Gasteiger partial charge in [0, 0.05) is 28.4 Å². The van der Waals surface area contributed by atoms with Gasteiger partial charge in [0.25, 0.3) is 0 Å². The number of nitrogens with zero attached hydrogens (tertiary/aromatic N) is 1. The van der Waals surface area contributed by atoms with E-state index in [0.29, 0.717) is 12.8 Å². The summed E-state index contributed by atoms with van der Waals surface area (Å²) < 4.78 is 0. The van der Waals surface area contributed by atoms with E-state index in [1.807, 2.05) is 67.6 Å². The molecule has 2 aromatic heterocycles. The number of hydrogen-bond acceptors (Lipinski definition) is 2. The standard InChI is InChI=1S/C30H27N3O/c1-21-26(25-15-8-9-17-27(25)32-21)20-29(34)33-28(19-22-11-4-2-5-12-22)30-24(16-10-18-31-30)23-13-6-3-7-14-23/h2-18,28,32H,19-20H2,1H3,(H,33,34). The Bertz CT molecular complexity index is 1410. The molecule has 0 spiro atoms. The highest BCUT2D eigenvalue weighted by atomic mass is 16.1. The van der Waals surface area contributed by atoms with Gasteiger partial charge in [-0.15, -0.1) is 0 Å². The van der Waals surface area contributed by atoms with Crippen molar-refractivity contribution in [3.8, 4) is 11.1 Å². The van der Waals surface area contributed by atoms with Gasteiger partial charge in [-0.2, -0.15) is 0 Å². The smallest absolute Gasteiger partial charge is 0.225 e. The molecule has 0 fully saturated rings. The van der Waals surface area contributed by atoms with Crippen molar-refractivity contribution in [3.05, 3.63) is 126 Å². The van der Waals surface area contributed by atoms with Crippen molar-refractivity contribution in [2.75, 3.05) is 0 Å². The molecule has 5 aromatic rings. The molecule has 2 N–H and O–H groups in total. The van der Waals surface area contributed by atoms with E-state index in [0.717, 1.165) is 44.5 Å². The van der Waals surface area contributed by atoms with Crippen molar-refractivity contribution in [2.45, 2.75) is 25.8 Å². The van der Waals surface area contributed by atoms with Crippen LogP contribution in [0.4, 0.5) is 0 Å². The number of carbonyl (C=O) groups is 1. The third-order valence-electron chi connectivity index (χ3n) is 6.24. The summed E-state index contributed by atoms with van der Waals surface area (Å²) in [5.41, 5.74) is 7.27. The number of carbonyl (C=O) groups excluding carboxylic acids is 1. The van der Waals surface area contributed by atoms with E-state index in [2.05, 4.69) is 46.7 Å². The number of aromatic nitrogens is 2. The minimum Gasteiger partial charge on any atom is -0.358 e. The molecule has 4 heteroatoms. The van der Waals surface area contributed by atoms with Crippen LogP contribution < -0.4 is 5.32 Å². The van der Waals surface area contributed by atoms with E-state index in [1.54, 1.807) is 6.20 Å². The van der Waals surface area contributed by atoms with E-state index in [9.17, 15) is 4.79 Å². The quantitative estimate of drug-likeness (QED) is 0.314. The Labute approximate surface area is 199 Å². The first-order chi connectivity index (χ1) is 16.7. The predicted molar refractivity (Wildman–Crippen MR) is 137 cm³/mol. The van der Waals surface area contributed by atoms with Crippen LogP contribution in [-0.4, -0.2) is 15.9 Å². The zero-order valence-corrected chi connectivity index (χ0v) is 19.2. The molecule has 0 aliphatic rings. The van der Waals surface area contributed by atoms with Crippen LogP contribution in [0.15, 0.2) is 103 Å². The SMILES string of the molecule is Cc1[nH]c2ccccc2c1CC(=O)NC(Cc1ccccc1)c1ncccc1-c1ccccc1. The molecule has 5 rings (SSSR count). The highest BCUT2D eigenvalue weighted by Gasteiger charge is 2.22. The first-order valence-electron chi connectivity index (χ1n) is 11.6. The van der Waals surface area contributed by atoms with Crippen molar-refractivity contribution in [1.29, 1.82) is 0 Å². The van der Waals surface area contributed by atoms with E-state index in [1.165, 1.54) is 0 Å². The number of aromatic amines is 1. The lowest BCUT2D eigenvalue weighted by atomic mass is 9.95. The summed E-state index contributed by atoms with van der Waals surface area (Å²) in [7, 11) is 0. The van der Waals surface area contributed by atoms with Crippen molar-refractivity contribution >= 4 is 16.8 Å². The van der Waals surface area contributed by atoms with Crippen molar-refractivity contribution in [2.24, 2.45) is 0 Å². The highest BCUT2D eigenvalue weighted by molar-refractivity contribution is 5.90. The normalized spacial score (nSPS) is 11.9. The summed E-state index contributed by atoms with van der Waals surface area (Å²) in [6, 6.07) is 32.4. The molecule has 0 saturated heterocycles. The Morgan fingerprint density at radius 2 is 1.59 bits per heavy atom. The molecular formula is C30H27N3O. The van der Waals surface area contributed by atoms with Gasteiger partial charge in [-0.3, -0.25) is 9.78 Å². The van der Waals surface area contributed by atoms with Gasteiger partial charge >= 0.3 is 0 Å². The average molecular weight is 446 g/mol. The molecule has 0 saturated carbocycles. The third-order valence-corrected chi connectivity index (χ3v) is 6.24. The maximum atomic E-state index is 13.4. The van der Waals surface area contributed by atoms with Crippen LogP contribution >= 0.6 is 0 Å². The van der Waals surface area contributed by atoms with Gasteiger partial charge in [0.1, 0.15) is 0 Å². The molecule has 1 atom stereocenters. The summed E-state index contributed by atoms with van der Waals surface area (Å²) >= 11 is 0. The molecule has 3 aromatic carbocycles. The van der Waals surface area contributed by atoms with Gasteiger partial charge < -0.3 is 10.3 Å². The number of H-pyrrole nitrogens is 1. The van der Waals surface area contributed by atoms with Crippen LogP contribution in [-0.2, 0) is 17.6 Å². The lowest BCUT2D eigenvalue weighted by Crippen LogP contribution is -2.32. The molecule has 0 aliphatic carbocycles. The molecule has 4 nitrogen and oxygen atoms in total. The molecule has 1 unspecified atom stereocenters. The zero-order chi connectivity index (χ0) is 23.3. The molecule has 0 radical (unpaired) electrons. The summed E-state index contributed by atoms with van der Waals surface area (Å²) in [5, 5.41) is 4.40. The van der Waals surface area contributed by atoms with E-state index < -0.39 is 0 Å². The third kappa shape index (κ3) is 4.62. The molecule has 2 heterocycles. The number of para-hydroxylation sites is 1. The summed E-state index contributed by atoms with van der Waals surface area (Å²) in [6.45, 7) is 2.02. The Morgan fingerprint density at radius 3 is 2.38 bits per heavy atom. The summed E-state index contributed by atoms with van der Waals surface area (Å²) in [6.07, 6.45) is 2.78. The second-order valence-electron chi connectivity index (χ2n) is 8.56. The number of aryl methyl sites for hydroxylation is 1. The van der Waals surface area contributed by atoms with E-state index in [4.69, 9.17) is 4.98 Å². The Balaban J connectivity index is 1.48. The minimum absolute atomic E-state index is 0.0153. The van der Waals surface area contributed by atoms with Gasteiger partial charge in [-0.1, -0.05) is 84.9 Å². The number of benzene rings is 3. The number of amides is 1. The van der Waals surface area contributed by atoms with Crippen LogP contribution in [0.5, 0.6) is 0 Å². The Morgan fingerprint density at radius 1 is 0.882 bits per heavy atom. The van der Waals surface area contributed by atoms with Crippen molar-refractivity contribution in [3.63, 3.8) is 0 Å². The lowest BCUT2D eigenvalue weighted by Gasteiger charge is -2.21. The van der Waals surface area contributed by atoms with Gasteiger partial charge in [0.2, 0.25) is 5.91 Å². The lowest BCUT2D eigenvalue weighted by molar-refractivity contribution is -0.121. The maximum Gasteiger partial charge on any atom is 0.225 e. The highest BCUT2D eigenvalue weighted by Crippen LogP contribution is 2.29.